The van der Waals surface area contributed by atoms with Gasteiger partial charge in [0.15, 0.2) is 11.5 Å². The molecule has 3 heterocycles. The van der Waals surface area contributed by atoms with Gasteiger partial charge in [0, 0.05) is 57.0 Å². The number of alkyl halides is 2. The lowest BCUT2D eigenvalue weighted by molar-refractivity contribution is -0.0443. The second kappa shape index (κ2) is 7.11. The minimum Gasteiger partial charge on any atom is -0.354 e. The maximum Gasteiger partial charge on any atom is 0.248 e. The number of allylic oxidation sites excluding steroid dienone is 1. The minimum atomic E-state index is -2.51. The van der Waals surface area contributed by atoms with Crippen molar-refractivity contribution in [1.82, 2.24) is 19.4 Å². The molecule has 1 fully saturated rings. The Morgan fingerprint density at radius 3 is 2.83 bits per heavy atom. The first-order valence-corrected chi connectivity index (χ1v) is 10.2. The average molecular weight is 415 g/mol. The average Bonchev–Trinajstić information content (AvgIpc) is 3.29. The van der Waals surface area contributed by atoms with Crippen molar-refractivity contribution in [3.8, 4) is 0 Å². The van der Waals surface area contributed by atoms with Crippen LogP contribution in [0.5, 0.6) is 0 Å². The van der Waals surface area contributed by atoms with E-state index in [9.17, 15) is 13.2 Å². The molecule has 8 heteroatoms. The second-order valence-electron chi connectivity index (χ2n) is 8.25. The molecule has 0 radical (unpaired) electrons. The van der Waals surface area contributed by atoms with E-state index in [4.69, 9.17) is 0 Å². The number of aryl methyl sites for hydroxylation is 1. The predicted octanol–water partition coefficient (Wildman–Crippen LogP) is 5.04. The summed E-state index contributed by atoms with van der Waals surface area (Å²) in [6, 6.07) is 1.49. The van der Waals surface area contributed by atoms with E-state index in [0.29, 0.717) is 37.4 Å². The zero-order valence-electron chi connectivity index (χ0n) is 16.6. The molecule has 2 aliphatic rings. The highest BCUT2D eigenvalue weighted by Gasteiger charge is 2.34. The fourth-order valence-corrected chi connectivity index (χ4v) is 4.33. The molecule has 0 saturated heterocycles. The number of aromatic nitrogens is 4. The number of halogens is 3. The predicted molar refractivity (Wildman–Crippen MR) is 110 cm³/mol. The van der Waals surface area contributed by atoms with Gasteiger partial charge in [0.1, 0.15) is 0 Å². The van der Waals surface area contributed by atoms with E-state index in [-0.39, 0.29) is 26.0 Å². The summed E-state index contributed by atoms with van der Waals surface area (Å²) in [4.78, 5) is 13.2. The summed E-state index contributed by atoms with van der Waals surface area (Å²) in [5.74, 6) is -2.16. The van der Waals surface area contributed by atoms with Gasteiger partial charge in [0.2, 0.25) is 11.9 Å². The Balaban J connectivity index is 0.00000231. The molecule has 0 amide bonds. The number of nitrogens with one attached hydrogen (secondary N) is 1. The largest absolute Gasteiger partial charge is 0.354 e. The van der Waals surface area contributed by atoms with Gasteiger partial charge in [-0.2, -0.15) is 0 Å². The van der Waals surface area contributed by atoms with Gasteiger partial charge >= 0.3 is 0 Å². The van der Waals surface area contributed by atoms with Gasteiger partial charge in [0.25, 0.3) is 0 Å². The van der Waals surface area contributed by atoms with Crippen LogP contribution in [0.15, 0.2) is 30.7 Å². The molecule has 1 saturated carbocycles. The highest BCUT2D eigenvalue weighted by molar-refractivity contribution is 5.84. The van der Waals surface area contributed by atoms with Crippen LogP contribution in [0.25, 0.3) is 11.2 Å². The van der Waals surface area contributed by atoms with Crippen LogP contribution < -0.4 is 5.32 Å². The molecule has 0 aliphatic heterocycles. The monoisotopic (exact) mass is 415 g/mol. The summed E-state index contributed by atoms with van der Waals surface area (Å²) >= 11 is 0. The molecule has 5 rings (SSSR count). The first-order valence-electron chi connectivity index (χ1n) is 10.2. The molecular formula is C22H24F3N5. The quantitative estimate of drug-likeness (QED) is 0.648. The van der Waals surface area contributed by atoms with Gasteiger partial charge in [0.05, 0.1) is 11.4 Å². The molecule has 1 N–H and O–H groups in total. The van der Waals surface area contributed by atoms with Crippen LogP contribution in [0.3, 0.4) is 0 Å². The number of hydrogen-bond acceptors (Lipinski definition) is 4. The van der Waals surface area contributed by atoms with Gasteiger partial charge in [-0.25, -0.2) is 28.1 Å². The van der Waals surface area contributed by atoms with E-state index in [1.165, 1.54) is 6.07 Å². The number of imidazole rings is 1. The zero-order chi connectivity index (χ0) is 20.9. The van der Waals surface area contributed by atoms with Crippen molar-refractivity contribution >= 4 is 17.2 Å². The third-order valence-electron chi connectivity index (χ3n) is 5.98. The molecule has 0 spiro atoms. The SMILES string of the molecule is Cc1cn2cc(C3=CCc4nc(NCC5CCC(F)(F)CC5)ncc43)cc(F)c2n1.[HH]. The highest BCUT2D eigenvalue weighted by atomic mass is 19.3. The smallest absolute Gasteiger partial charge is 0.248 e. The molecule has 5 nitrogen and oxygen atoms in total. The fraction of sp³-hybridized carbons (Fsp3) is 0.409. The number of hydrogen-bond donors (Lipinski definition) is 1. The highest BCUT2D eigenvalue weighted by Crippen LogP contribution is 2.36. The van der Waals surface area contributed by atoms with E-state index >= 15 is 0 Å². The molecule has 3 aromatic heterocycles. The zero-order valence-corrected chi connectivity index (χ0v) is 16.6. The molecule has 0 aromatic carbocycles. The van der Waals surface area contributed by atoms with Crippen LogP contribution in [-0.2, 0) is 6.42 Å². The fourth-order valence-electron chi connectivity index (χ4n) is 4.33. The Morgan fingerprint density at radius 1 is 1.23 bits per heavy atom. The summed E-state index contributed by atoms with van der Waals surface area (Å²) in [5, 5.41) is 3.20. The van der Waals surface area contributed by atoms with Crippen molar-refractivity contribution in [3.63, 3.8) is 0 Å². The number of rotatable bonds is 4. The van der Waals surface area contributed by atoms with Gasteiger partial charge in [-0.05, 0) is 37.3 Å². The molecule has 0 bridgehead atoms. The molecule has 0 atom stereocenters. The number of fused-ring (bicyclic) bond motifs is 2. The third-order valence-corrected chi connectivity index (χ3v) is 5.98. The summed E-state index contributed by atoms with van der Waals surface area (Å²) in [6.07, 6.45) is 9.00. The van der Waals surface area contributed by atoms with Crippen LogP contribution in [0.1, 0.15) is 49.6 Å². The van der Waals surface area contributed by atoms with E-state index in [0.717, 1.165) is 28.1 Å². The van der Waals surface area contributed by atoms with Crippen LogP contribution >= 0.6 is 0 Å². The van der Waals surface area contributed by atoms with Crippen molar-refractivity contribution in [2.24, 2.45) is 5.92 Å². The van der Waals surface area contributed by atoms with Gasteiger partial charge in [-0.15, -0.1) is 0 Å². The van der Waals surface area contributed by atoms with Crippen LogP contribution in [0, 0.1) is 18.7 Å². The van der Waals surface area contributed by atoms with Crippen molar-refractivity contribution in [1.29, 1.82) is 0 Å². The van der Waals surface area contributed by atoms with E-state index < -0.39 is 5.92 Å². The van der Waals surface area contributed by atoms with E-state index in [2.05, 4.69) is 20.3 Å². The normalized spacial score (nSPS) is 18.5. The number of anilines is 1. The van der Waals surface area contributed by atoms with Gasteiger partial charge in [-0.1, -0.05) is 6.08 Å². The van der Waals surface area contributed by atoms with Gasteiger partial charge < -0.3 is 9.72 Å². The van der Waals surface area contributed by atoms with Crippen molar-refractivity contribution in [2.75, 3.05) is 11.9 Å². The lowest BCUT2D eigenvalue weighted by atomic mass is 9.87. The summed E-state index contributed by atoms with van der Waals surface area (Å²) in [6.45, 7) is 2.43. The summed E-state index contributed by atoms with van der Waals surface area (Å²) in [7, 11) is 0. The third kappa shape index (κ3) is 3.55. The van der Waals surface area contributed by atoms with Crippen molar-refractivity contribution < 1.29 is 14.6 Å². The Labute approximate surface area is 173 Å². The Hall–Kier alpha value is -2.90. The Bertz CT molecular complexity index is 1150. The maximum absolute atomic E-state index is 14.5. The topological polar surface area (TPSA) is 55.1 Å². The molecule has 2 aliphatic carbocycles. The minimum absolute atomic E-state index is 0. The molecule has 30 heavy (non-hydrogen) atoms. The molecule has 158 valence electrons. The Kier molecular flexibility index (Phi) is 4.52. The standard InChI is InChI=1S/C22H22F3N5.H2/c1-13-11-30-12-15(8-18(23)20(30)28-13)16-2-3-19-17(16)10-27-21(29-19)26-9-14-4-6-22(24,25)7-5-14;/h2,8,10-12,14H,3-7,9H2,1H3,(H,26,27,29);1H. The van der Waals surface area contributed by atoms with Crippen molar-refractivity contribution in [2.45, 2.75) is 45.0 Å². The maximum atomic E-state index is 14.5. The Morgan fingerprint density at radius 2 is 2.03 bits per heavy atom. The summed E-state index contributed by atoms with van der Waals surface area (Å²) < 4.78 is 42.8. The first kappa shape index (κ1) is 19.1. The molecular weight excluding hydrogens is 391 g/mol. The van der Waals surface area contributed by atoms with E-state index in [1.54, 1.807) is 16.8 Å². The molecule has 0 unspecified atom stereocenters. The van der Waals surface area contributed by atoms with Crippen molar-refractivity contribution in [3.05, 3.63) is 59.1 Å². The van der Waals surface area contributed by atoms with Crippen LogP contribution in [0.4, 0.5) is 19.1 Å². The number of pyridine rings is 1. The van der Waals surface area contributed by atoms with Crippen LogP contribution in [-0.4, -0.2) is 31.8 Å². The first-order chi connectivity index (χ1) is 14.4. The lowest BCUT2D eigenvalue weighted by Gasteiger charge is -2.28. The number of nitrogens with zero attached hydrogens (tertiary/aromatic N) is 4. The second-order valence-corrected chi connectivity index (χ2v) is 8.25. The summed E-state index contributed by atoms with van der Waals surface area (Å²) in [5.41, 5.74) is 4.48. The lowest BCUT2D eigenvalue weighted by Crippen LogP contribution is -2.28. The van der Waals surface area contributed by atoms with Crippen LogP contribution in [0.2, 0.25) is 0 Å². The van der Waals surface area contributed by atoms with E-state index in [1.807, 2.05) is 19.2 Å². The molecule has 3 aromatic rings. The van der Waals surface area contributed by atoms with Gasteiger partial charge in [-0.3, -0.25) is 0 Å².